The summed E-state index contributed by atoms with van der Waals surface area (Å²) in [6.07, 6.45) is 22.2. The van der Waals surface area contributed by atoms with Gasteiger partial charge in [0, 0.05) is 0 Å². The van der Waals surface area contributed by atoms with Gasteiger partial charge in [0.05, 0.1) is 11.7 Å². The second kappa shape index (κ2) is 5.04. The van der Waals surface area contributed by atoms with Crippen molar-refractivity contribution in [1.82, 2.24) is 5.32 Å². The molecule has 0 aromatic rings. The van der Waals surface area contributed by atoms with Crippen LogP contribution in [-0.4, -0.2) is 6.04 Å². The minimum absolute atomic E-state index is 0.235. The van der Waals surface area contributed by atoms with Crippen molar-refractivity contribution >= 4 is 0 Å². The first-order valence-electron chi connectivity index (χ1n) is 5.03. The average Bonchev–Trinajstić information content (AvgIpc) is 2.63. The zero-order chi connectivity index (χ0) is 10.3. The maximum atomic E-state index is 3.37. The molecule has 0 radical (unpaired) electrons. The Morgan fingerprint density at radius 3 is 2.40 bits per heavy atom. The van der Waals surface area contributed by atoms with Crippen molar-refractivity contribution in [3.63, 3.8) is 0 Å². The van der Waals surface area contributed by atoms with Gasteiger partial charge in [0.25, 0.3) is 0 Å². The Morgan fingerprint density at radius 1 is 0.867 bits per heavy atom. The lowest BCUT2D eigenvalue weighted by atomic mass is 10.2. The van der Waals surface area contributed by atoms with Gasteiger partial charge in [-0.15, -0.1) is 0 Å². The first-order chi connectivity index (χ1) is 7.45. The summed E-state index contributed by atoms with van der Waals surface area (Å²) in [5.74, 6) is 0. The van der Waals surface area contributed by atoms with Gasteiger partial charge in [0.1, 0.15) is 0 Å². The Balaban J connectivity index is 2.06. The molecule has 2 aliphatic carbocycles. The molecule has 0 aromatic heterocycles. The molecule has 0 saturated carbocycles. The fourth-order valence-corrected chi connectivity index (χ4v) is 1.38. The van der Waals surface area contributed by atoms with Crippen LogP contribution >= 0.6 is 0 Å². The van der Waals surface area contributed by atoms with Crippen LogP contribution in [-0.2, 0) is 0 Å². The van der Waals surface area contributed by atoms with Crippen LogP contribution in [0.25, 0.3) is 0 Å². The van der Waals surface area contributed by atoms with Crippen molar-refractivity contribution in [2.24, 2.45) is 0 Å². The average molecular weight is 195 g/mol. The molecule has 0 atom stereocenters. The van der Waals surface area contributed by atoms with Crippen LogP contribution in [0.5, 0.6) is 0 Å². The molecule has 1 nitrogen and oxygen atoms in total. The van der Waals surface area contributed by atoms with Crippen molar-refractivity contribution in [2.75, 3.05) is 0 Å². The van der Waals surface area contributed by atoms with E-state index in [9.17, 15) is 0 Å². The van der Waals surface area contributed by atoms with Crippen LogP contribution in [0.3, 0.4) is 0 Å². The first kappa shape index (κ1) is 9.57. The zero-order valence-electron chi connectivity index (χ0n) is 8.43. The second-order valence-electron chi connectivity index (χ2n) is 3.29. The minimum Gasteiger partial charge on any atom is -0.369 e. The molecular weight excluding hydrogens is 182 g/mol. The van der Waals surface area contributed by atoms with Gasteiger partial charge in [-0.05, 0) is 12.2 Å². The van der Waals surface area contributed by atoms with E-state index in [1.54, 1.807) is 0 Å². The lowest BCUT2D eigenvalue weighted by molar-refractivity contribution is 0.808. The second-order valence-corrected chi connectivity index (χ2v) is 3.29. The molecule has 0 fully saturated rings. The van der Waals surface area contributed by atoms with E-state index in [0.717, 1.165) is 5.70 Å². The number of hydrogen-bond donors (Lipinski definition) is 1. The quantitative estimate of drug-likeness (QED) is 0.668. The van der Waals surface area contributed by atoms with Gasteiger partial charge in [-0.1, -0.05) is 60.4 Å². The Bertz CT molecular complexity index is 408. The van der Waals surface area contributed by atoms with Crippen LogP contribution in [0, 0.1) is 0 Å². The Morgan fingerprint density at radius 2 is 1.60 bits per heavy atom. The van der Waals surface area contributed by atoms with E-state index in [-0.39, 0.29) is 6.04 Å². The van der Waals surface area contributed by atoms with Crippen molar-refractivity contribution in [3.05, 3.63) is 78.3 Å². The summed E-state index contributed by atoms with van der Waals surface area (Å²) in [7, 11) is 0. The first-order valence-corrected chi connectivity index (χ1v) is 5.03. The molecule has 0 unspecified atom stereocenters. The molecule has 0 heterocycles. The fraction of sp³-hybridized carbons (Fsp3) is 0.0714. The summed E-state index contributed by atoms with van der Waals surface area (Å²) in [5, 5.41) is 3.37. The van der Waals surface area contributed by atoms with Crippen LogP contribution in [0.2, 0.25) is 0 Å². The fourth-order valence-electron chi connectivity index (χ4n) is 1.38. The van der Waals surface area contributed by atoms with Gasteiger partial charge >= 0.3 is 0 Å². The smallest absolute Gasteiger partial charge is 0.0780 e. The van der Waals surface area contributed by atoms with Crippen LogP contribution in [0.4, 0.5) is 0 Å². The molecular formula is C14H13N. The SMILES string of the molecule is C1=CC=CC=CC=1NC1C=CC=CC=C1. The predicted molar refractivity (Wildman–Crippen MR) is 64.2 cm³/mol. The molecule has 2 rings (SSSR count). The summed E-state index contributed by atoms with van der Waals surface area (Å²) in [5.41, 5.74) is 4.17. The van der Waals surface area contributed by atoms with Crippen molar-refractivity contribution in [3.8, 4) is 0 Å². The molecule has 0 saturated heterocycles. The maximum Gasteiger partial charge on any atom is 0.0780 e. The van der Waals surface area contributed by atoms with E-state index in [4.69, 9.17) is 0 Å². The Hall–Kier alpha value is -1.98. The summed E-state index contributed by atoms with van der Waals surface area (Å²) in [6.45, 7) is 0. The molecule has 15 heavy (non-hydrogen) atoms. The summed E-state index contributed by atoms with van der Waals surface area (Å²) >= 11 is 0. The van der Waals surface area contributed by atoms with Gasteiger partial charge in [-0.3, -0.25) is 0 Å². The van der Waals surface area contributed by atoms with E-state index in [2.05, 4.69) is 23.2 Å². The summed E-state index contributed by atoms with van der Waals surface area (Å²) in [4.78, 5) is 0. The van der Waals surface area contributed by atoms with E-state index in [1.165, 1.54) is 0 Å². The van der Waals surface area contributed by atoms with Crippen LogP contribution < -0.4 is 5.32 Å². The number of hydrogen-bond acceptors (Lipinski definition) is 1. The van der Waals surface area contributed by atoms with Crippen molar-refractivity contribution in [2.45, 2.75) is 6.04 Å². The van der Waals surface area contributed by atoms with E-state index >= 15 is 0 Å². The molecule has 0 amide bonds. The zero-order valence-corrected chi connectivity index (χ0v) is 8.43. The summed E-state index contributed by atoms with van der Waals surface area (Å²) in [6, 6.07) is 0.235. The highest BCUT2D eigenvalue weighted by Crippen LogP contribution is 2.02. The number of rotatable bonds is 2. The molecule has 0 aromatic carbocycles. The van der Waals surface area contributed by atoms with E-state index in [1.807, 2.05) is 54.7 Å². The van der Waals surface area contributed by atoms with Gasteiger partial charge in [0.15, 0.2) is 0 Å². The highest BCUT2D eigenvalue weighted by molar-refractivity contribution is 5.30. The van der Waals surface area contributed by atoms with E-state index < -0.39 is 0 Å². The lowest BCUT2D eigenvalue weighted by Crippen LogP contribution is -2.23. The monoisotopic (exact) mass is 195 g/mol. The van der Waals surface area contributed by atoms with Gasteiger partial charge in [-0.2, -0.15) is 0 Å². The maximum absolute atomic E-state index is 3.37. The van der Waals surface area contributed by atoms with Crippen LogP contribution in [0.1, 0.15) is 0 Å². The minimum atomic E-state index is 0.235. The molecule has 74 valence electrons. The van der Waals surface area contributed by atoms with Crippen molar-refractivity contribution < 1.29 is 0 Å². The predicted octanol–water partition coefficient (Wildman–Crippen LogP) is 2.79. The Kier molecular flexibility index (Phi) is 3.22. The van der Waals surface area contributed by atoms with E-state index in [0.29, 0.717) is 0 Å². The van der Waals surface area contributed by atoms with Crippen LogP contribution in [0.15, 0.2) is 78.3 Å². The molecule has 1 heteroatoms. The lowest BCUT2D eigenvalue weighted by Gasteiger charge is -2.10. The number of nitrogens with one attached hydrogen (secondary N) is 1. The van der Waals surface area contributed by atoms with Crippen molar-refractivity contribution in [1.29, 1.82) is 0 Å². The normalized spacial score (nSPS) is 18.8. The highest BCUT2D eigenvalue weighted by Gasteiger charge is 2.00. The Labute approximate surface area is 90.2 Å². The largest absolute Gasteiger partial charge is 0.369 e. The molecule has 1 N–H and O–H groups in total. The molecule has 0 spiro atoms. The standard InChI is InChI=1S/C14H13N/c1-2-6-10-13(9-5-1)15-14-11-7-3-4-8-12-14/h1-11,13,15H. The third-order valence-corrected chi connectivity index (χ3v) is 2.11. The molecule has 2 aliphatic rings. The van der Waals surface area contributed by atoms with Gasteiger partial charge in [-0.25, -0.2) is 0 Å². The van der Waals surface area contributed by atoms with Gasteiger partial charge in [0.2, 0.25) is 0 Å². The summed E-state index contributed by atoms with van der Waals surface area (Å²) < 4.78 is 0. The third-order valence-electron chi connectivity index (χ3n) is 2.11. The van der Waals surface area contributed by atoms with Gasteiger partial charge < -0.3 is 5.32 Å². The molecule has 0 bridgehead atoms. The third kappa shape index (κ3) is 3.01. The number of allylic oxidation sites excluding steroid dienone is 8. The highest BCUT2D eigenvalue weighted by atomic mass is 14.9. The topological polar surface area (TPSA) is 12.0 Å². The molecule has 0 aliphatic heterocycles.